The molecule has 3 aromatic heterocycles. The predicted octanol–water partition coefficient (Wildman–Crippen LogP) is 4.37. The molecule has 0 N–H and O–H groups in total. The van der Waals surface area contributed by atoms with Crippen molar-refractivity contribution in [1.82, 2.24) is 14.5 Å². The van der Waals surface area contributed by atoms with Gasteiger partial charge in [-0.25, -0.2) is 9.37 Å². The minimum absolute atomic E-state index is 0.00378. The third-order valence-electron chi connectivity index (χ3n) is 4.94. The average Bonchev–Trinajstić information content (AvgIpc) is 3.30. The van der Waals surface area contributed by atoms with Crippen LogP contribution in [-0.2, 0) is 17.5 Å². The summed E-state index contributed by atoms with van der Waals surface area (Å²) in [7, 11) is 0. The molecule has 0 aliphatic carbocycles. The molecule has 1 atom stereocenters. The van der Waals surface area contributed by atoms with Crippen molar-refractivity contribution in [3.63, 3.8) is 0 Å². The van der Waals surface area contributed by atoms with Gasteiger partial charge in [-0.3, -0.25) is 9.59 Å². The van der Waals surface area contributed by atoms with E-state index in [2.05, 4.69) is 4.98 Å². The molecule has 1 aliphatic heterocycles. The summed E-state index contributed by atoms with van der Waals surface area (Å²) in [6.07, 6.45) is -2.88. The van der Waals surface area contributed by atoms with Gasteiger partial charge < -0.3 is 9.47 Å². The van der Waals surface area contributed by atoms with E-state index in [1.807, 2.05) is 0 Å². The van der Waals surface area contributed by atoms with Gasteiger partial charge in [0, 0.05) is 40.1 Å². The number of likely N-dealkylation sites (tertiary alicyclic amines) is 1. The molecule has 4 rings (SSSR count). The van der Waals surface area contributed by atoms with Crippen molar-refractivity contribution in [3.05, 3.63) is 51.0 Å². The molecule has 1 unspecified atom stereocenters. The highest BCUT2D eigenvalue weighted by molar-refractivity contribution is 7.17. The van der Waals surface area contributed by atoms with E-state index in [9.17, 15) is 27.2 Å². The third kappa shape index (κ3) is 3.81. The lowest BCUT2D eigenvalue weighted by atomic mass is 10.1. The molecule has 1 amide bonds. The molecule has 158 valence electrons. The predicted molar refractivity (Wildman–Crippen MR) is 105 cm³/mol. The smallest absolute Gasteiger partial charge is 0.338 e. The molecule has 0 saturated carbocycles. The van der Waals surface area contributed by atoms with Gasteiger partial charge in [-0.1, -0.05) is 11.6 Å². The molecule has 0 aromatic carbocycles. The van der Waals surface area contributed by atoms with Crippen molar-refractivity contribution in [2.24, 2.45) is 0 Å². The van der Waals surface area contributed by atoms with E-state index in [0.717, 1.165) is 6.07 Å². The summed E-state index contributed by atoms with van der Waals surface area (Å²) in [5.41, 5.74) is -1.24. The number of thiophene rings is 1. The Morgan fingerprint density at radius 2 is 2.13 bits per heavy atom. The van der Waals surface area contributed by atoms with E-state index in [0.29, 0.717) is 4.70 Å². The number of carbonyl (C=O) groups is 1. The number of rotatable bonds is 3. The van der Waals surface area contributed by atoms with Crippen molar-refractivity contribution < 1.29 is 22.4 Å². The van der Waals surface area contributed by atoms with E-state index in [1.165, 1.54) is 33.2 Å². The first-order valence-electron chi connectivity index (χ1n) is 8.90. The number of carbonyl (C=O) groups excluding carboxylic acids is 1. The maximum Gasteiger partial charge on any atom is 0.419 e. The van der Waals surface area contributed by atoms with E-state index in [-0.39, 0.29) is 48.5 Å². The minimum Gasteiger partial charge on any atom is -0.338 e. The van der Waals surface area contributed by atoms with Gasteiger partial charge >= 0.3 is 6.18 Å². The Kier molecular flexibility index (Phi) is 5.31. The van der Waals surface area contributed by atoms with E-state index >= 15 is 0 Å². The zero-order valence-electron chi connectivity index (χ0n) is 15.2. The van der Waals surface area contributed by atoms with E-state index in [1.54, 1.807) is 11.4 Å². The monoisotopic (exact) mass is 459 g/mol. The second-order valence-electron chi connectivity index (χ2n) is 6.92. The lowest BCUT2D eigenvalue weighted by Gasteiger charge is -2.16. The van der Waals surface area contributed by atoms with Gasteiger partial charge in [0.05, 0.1) is 17.5 Å². The van der Waals surface area contributed by atoms with Crippen LogP contribution in [0.5, 0.6) is 0 Å². The van der Waals surface area contributed by atoms with Crippen molar-refractivity contribution >= 4 is 38.9 Å². The molecule has 1 saturated heterocycles. The van der Waals surface area contributed by atoms with Gasteiger partial charge in [0.1, 0.15) is 17.9 Å². The molecule has 1 aliphatic rings. The molecule has 5 nitrogen and oxygen atoms in total. The summed E-state index contributed by atoms with van der Waals surface area (Å²) in [6.45, 7) is 0.0109. The first kappa shape index (κ1) is 20.8. The molecular weight excluding hydrogens is 446 g/mol. The van der Waals surface area contributed by atoms with Crippen molar-refractivity contribution in [1.29, 1.82) is 0 Å². The van der Waals surface area contributed by atoms with Crippen LogP contribution in [0, 0.1) is 0 Å². The fraction of sp³-hybridized carbons (Fsp3) is 0.316. The molecule has 1 fully saturated rings. The summed E-state index contributed by atoms with van der Waals surface area (Å²) >= 11 is 6.78. The third-order valence-corrected chi connectivity index (χ3v) is 6.19. The van der Waals surface area contributed by atoms with Crippen LogP contribution in [0.4, 0.5) is 17.6 Å². The highest BCUT2D eigenvalue weighted by Crippen LogP contribution is 2.38. The maximum atomic E-state index is 13.3. The van der Waals surface area contributed by atoms with Gasteiger partial charge in [-0.05, 0) is 18.6 Å². The van der Waals surface area contributed by atoms with Crippen molar-refractivity contribution in [2.75, 3.05) is 13.1 Å². The molecular formula is C19H14ClF4N3O2S. The number of nitrogens with zero attached hydrogens (tertiary/aromatic N) is 3. The normalized spacial score (nSPS) is 17.1. The lowest BCUT2D eigenvalue weighted by molar-refractivity contribution is -0.137. The molecule has 4 heterocycles. The number of halogens is 5. The van der Waals surface area contributed by atoms with Gasteiger partial charge in [-0.15, -0.1) is 11.3 Å². The van der Waals surface area contributed by atoms with Gasteiger partial charge in [0.25, 0.3) is 5.56 Å². The van der Waals surface area contributed by atoms with Crippen LogP contribution in [0.3, 0.4) is 0 Å². The van der Waals surface area contributed by atoms with E-state index in [4.69, 9.17) is 11.6 Å². The van der Waals surface area contributed by atoms with Crippen LogP contribution in [-0.4, -0.2) is 39.6 Å². The molecule has 3 aromatic rings. The summed E-state index contributed by atoms with van der Waals surface area (Å²) in [4.78, 5) is 30.4. The molecule has 0 bridgehead atoms. The Bertz CT molecular complexity index is 1190. The zero-order chi connectivity index (χ0) is 21.6. The maximum absolute atomic E-state index is 13.3. The number of hydrogen-bond acceptors (Lipinski definition) is 4. The number of alkyl halides is 4. The largest absolute Gasteiger partial charge is 0.419 e. The second-order valence-corrected chi connectivity index (χ2v) is 8.19. The molecule has 11 heteroatoms. The van der Waals surface area contributed by atoms with Crippen molar-refractivity contribution in [3.8, 4) is 11.1 Å². The first-order chi connectivity index (χ1) is 14.1. The first-order valence-corrected chi connectivity index (χ1v) is 10.2. The second kappa shape index (κ2) is 7.66. The van der Waals surface area contributed by atoms with E-state index < -0.39 is 28.6 Å². The SMILES string of the molecule is O=C(Cn1ccc2scc(-c3cnc(Cl)c(C(F)(F)F)c3)c2c1=O)N1CCC(F)C1. The summed E-state index contributed by atoms with van der Waals surface area (Å²) < 4.78 is 54.7. The number of pyridine rings is 2. The van der Waals surface area contributed by atoms with Gasteiger partial charge in [-0.2, -0.15) is 13.2 Å². The lowest BCUT2D eigenvalue weighted by Crippen LogP contribution is -2.35. The Morgan fingerprint density at radius 3 is 2.80 bits per heavy atom. The Balaban J connectivity index is 1.74. The highest BCUT2D eigenvalue weighted by Gasteiger charge is 2.34. The van der Waals surface area contributed by atoms with Crippen LogP contribution in [0.25, 0.3) is 21.2 Å². The summed E-state index contributed by atoms with van der Waals surface area (Å²) in [5.74, 6) is -0.388. The van der Waals surface area contributed by atoms with Gasteiger partial charge in [0.2, 0.25) is 5.91 Å². The number of fused-ring (bicyclic) bond motifs is 1. The van der Waals surface area contributed by atoms with Crippen LogP contribution in [0.2, 0.25) is 5.15 Å². The summed E-state index contributed by atoms with van der Waals surface area (Å²) in [6, 6.07) is 2.47. The fourth-order valence-corrected chi connectivity index (χ4v) is 4.57. The van der Waals surface area contributed by atoms with Crippen LogP contribution in [0.1, 0.15) is 12.0 Å². The van der Waals surface area contributed by atoms with Gasteiger partial charge in [0.15, 0.2) is 0 Å². The minimum atomic E-state index is -4.69. The summed E-state index contributed by atoms with van der Waals surface area (Å²) in [5, 5.41) is 1.08. The molecule has 0 radical (unpaired) electrons. The molecule has 0 spiro atoms. The fourth-order valence-electron chi connectivity index (χ4n) is 3.41. The average molecular weight is 460 g/mol. The quantitative estimate of drug-likeness (QED) is 0.432. The van der Waals surface area contributed by atoms with Crippen molar-refractivity contribution in [2.45, 2.75) is 25.3 Å². The number of hydrogen-bond donors (Lipinski definition) is 0. The number of amides is 1. The topological polar surface area (TPSA) is 55.2 Å². The Labute approximate surface area is 176 Å². The molecule has 30 heavy (non-hydrogen) atoms. The van der Waals surface area contributed by atoms with Crippen LogP contribution < -0.4 is 5.56 Å². The Hall–Kier alpha value is -2.46. The Morgan fingerprint density at radius 1 is 1.37 bits per heavy atom. The highest BCUT2D eigenvalue weighted by atomic mass is 35.5. The van der Waals surface area contributed by atoms with Crippen LogP contribution in [0.15, 0.2) is 34.7 Å². The number of aromatic nitrogens is 2. The zero-order valence-corrected chi connectivity index (χ0v) is 16.8. The van der Waals surface area contributed by atoms with Crippen LogP contribution >= 0.6 is 22.9 Å². The standard InChI is InChI=1S/C19H14ClF4N3O2S/c20-17-13(19(22,23)24)5-10(6-25-17)12-9-30-14-2-4-27(18(29)16(12)14)8-15(28)26-3-1-11(21)7-26/h2,4-6,9,11H,1,3,7-8H2.